The standard InChI is InChI=1S/C21H22O5/c1-21(2)9-8-15-17(26-21)7-4-12-10-13(11-25-19(12)15)14-5-6-16(22)20(24-3)18(14)23/h4-9,13,22-23H,10-11H2,1-3H3/t13-/m1/s1. The Hall–Kier alpha value is -2.82. The third kappa shape index (κ3) is 2.64. The molecule has 2 aromatic rings. The van der Waals surface area contributed by atoms with Crippen LogP contribution in [0.5, 0.6) is 28.7 Å². The highest BCUT2D eigenvalue weighted by Gasteiger charge is 2.30. The molecular formula is C21H22O5. The molecule has 0 aromatic heterocycles. The molecule has 1 atom stereocenters. The van der Waals surface area contributed by atoms with E-state index >= 15 is 0 Å². The number of benzene rings is 2. The zero-order valence-electron chi connectivity index (χ0n) is 15.1. The van der Waals surface area contributed by atoms with Crippen molar-refractivity contribution < 1.29 is 24.4 Å². The Balaban J connectivity index is 1.68. The molecule has 2 aliphatic heterocycles. The third-order valence-electron chi connectivity index (χ3n) is 4.94. The SMILES string of the molecule is COc1c(O)ccc([C@H]2COc3c(ccc4c3C=CC(C)(C)O4)C2)c1O. The van der Waals surface area contributed by atoms with E-state index in [1.807, 2.05) is 32.1 Å². The molecule has 0 saturated carbocycles. The molecule has 2 aliphatic rings. The summed E-state index contributed by atoms with van der Waals surface area (Å²) in [6.07, 6.45) is 4.81. The molecule has 0 unspecified atom stereocenters. The van der Waals surface area contributed by atoms with Crippen molar-refractivity contribution in [2.24, 2.45) is 0 Å². The van der Waals surface area contributed by atoms with Crippen LogP contribution in [0.2, 0.25) is 0 Å². The number of fused-ring (bicyclic) bond motifs is 3. The maximum atomic E-state index is 10.4. The Bertz CT molecular complexity index is 898. The fourth-order valence-corrected chi connectivity index (χ4v) is 3.62. The highest BCUT2D eigenvalue weighted by atomic mass is 16.5. The Morgan fingerprint density at radius 3 is 2.73 bits per heavy atom. The molecule has 5 heteroatoms. The summed E-state index contributed by atoms with van der Waals surface area (Å²) in [7, 11) is 1.42. The van der Waals surface area contributed by atoms with Gasteiger partial charge in [0.15, 0.2) is 11.5 Å². The number of rotatable bonds is 2. The van der Waals surface area contributed by atoms with Gasteiger partial charge in [-0.1, -0.05) is 12.1 Å². The molecular weight excluding hydrogens is 332 g/mol. The summed E-state index contributed by atoms with van der Waals surface area (Å²) in [6, 6.07) is 7.25. The van der Waals surface area contributed by atoms with E-state index in [1.54, 1.807) is 6.07 Å². The molecule has 4 rings (SSSR count). The molecule has 26 heavy (non-hydrogen) atoms. The summed E-state index contributed by atoms with van der Waals surface area (Å²) in [6.45, 7) is 4.47. The summed E-state index contributed by atoms with van der Waals surface area (Å²) >= 11 is 0. The predicted molar refractivity (Wildman–Crippen MR) is 98.4 cm³/mol. The lowest BCUT2D eigenvalue weighted by Crippen LogP contribution is -2.28. The summed E-state index contributed by atoms with van der Waals surface area (Å²) in [5, 5.41) is 20.3. The number of ether oxygens (including phenoxy) is 3. The highest BCUT2D eigenvalue weighted by molar-refractivity contribution is 5.70. The van der Waals surface area contributed by atoms with Crippen molar-refractivity contribution in [3.8, 4) is 28.7 Å². The second-order valence-electron chi connectivity index (χ2n) is 7.27. The van der Waals surface area contributed by atoms with Crippen molar-refractivity contribution >= 4 is 6.08 Å². The summed E-state index contributed by atoms with van der Waals surface area (Å²) < 4.78 is 17.2. The summed E-state index contributed by atoms with van der Waals surface area (Å²) in [4.78, 5) is 0. The average molecular weight is 354 g/mol. The predicted octanol–water partition coefficient (Wildman–Crippen LogP) is 4.01. The van der Waals surface area contributed by atoms with Gasteiger partial charge in [-0.25, -0.2) is 0 Å². The van der Waals surface area contributed by atoms with Crippen LogP contribution >= 0.6 is 0 Å². The monoisotopic (exact) mass is 354 g/mol. The van der Waals surface area contributed by atoms with Crippen LogP contribution in [0.3, 0.4) is 0 Å². The van der Waals surface area contributed by atoms with Gasteiger partial charge in [0.1, 0.15) is 17.1 Å². The fraction of sp³-hybridized carbons (Fsp3) is 0.333. The number of hydrogen-bond donors (Lipinski definition) is 2. The summed E-state index contributed by atoms with van der Waals surface area (Å²) in [5.41, 5.74) is 2.41. The van der Waals surface area contributed by atoms with Gasteiger partial charge in [0.2, 0.25) is 5.75 Å². The van der Waals surface area contributed by atoms with Crippen LogP contribution in [-0.4, -0.2) is 29.5 Å². The minimum atomic E-state index is -0.327. The van der Waals surface area contributed by atoms with Crippen LogP contribution in [0, 0.1) is 0 Å². The molecule has 136 valence electrons. The Morgan fingerprint density at radius 2 is 1.96 bits per heavy atom. The molecule has 0 spiro atoms. The van der Waals surface area contributed by atoms with E-state index in [9.17, 15) is 10.2 Å². The molecule has 5 nitrogen and oxygen atoms in total. The van der Waals surface area contributed by atoms with Crippen LogP contribution in [-0.2, 0) is 6.42 Å². The minimum absolute atomic E-state index is 0.0278. The summed E-state index contributed by atoms with van der Waals surface area (Å²) in [5.74, 6) is 1.62. The van der Waals surface area contributed by atoms with E-state index in [0.29, 0.717) is 12.2 Å². The maximum Gasteiger partial charge on any atom is 0.203 e. The first-order chi connectivity index (χ1) is 12.4. The van der Waals surface area contributed by atoms with E-state index in [-0.39, 0.29) is 28.8 Å². The first-order valence-corrected chi connectivity index (χ1v) is 8.65. The molecule has 0 bridgehead atoms. The Labute approximate surface area is 152 Å². The van der Waals surface area contributed by atoms with Crippen molar-refractivity contribution in [2.75, 3.05) is 13.7 Å². The van der Waals surface area contributed by atoms with Crippen LogP contribution in [0.15, 0.2) is 30.3 Å². The topological polar surface area (TPSA) is 68.2 Å². The zero-order chi connectivity index (χ0) is 18.5. The quantitative estimate of drug-likeness (QED) is 0.853. The number of aromatic hydroxyl groups is 2. The van der Waals surface area contributed by atoms with Gasteiger partial charge in [-0.15, -0.1) is 0 Å². The Kier molecular flexibility index (Phi) is 3.75. The van der Waals surface area contributed by atoms with Gasteiger partial charge in [-0.2, -0.15) is 0 Å². The van der Waals surface area contributed by atoms with E-state index in [4.69, 9.17) is 14.2 Å². The van der Waals surface area contributed by atoms with Crippen molar-refractivity contribution in [1.29, 1.82) is 0 Å². The second kappa shape index (κ2) is 5.87. The van der Waals surface area contributed by atoms with Gasteiger partial charge >= 0.3 is 0 Å². The maximum absolute atomic E-state index is 10.4. The first kappa shape index (κ1) is 16.6. The van der Waals surface area contributed by atoms with Gasteiger partial charge in [0.25, 0.3) is 0 Å². The molecule has 0 fully saturated rings. The van der Waals surface area contributed by atoms with Gasteiger partial charge in [0.05, 0.1) is 19.3 Å². The smallest absolute Gasteiger partial charge is 0.203 e. The first-order valence-electron chi connectivity index (χ1n) is 8.65. The van der Waals surface area contributed by atoms with E-state index in [1.165, 1.54) is 13.2 Å². The lowest BCUT2D eigenvalue weighted by Gasteiger charge is -2.32. The van der Waals surface area contributed by atoms with Crippen molar-refractivity contribution in [3.63, 3.8) is 0 Å². The van der Waals surface area contributed by atoms with Crippen LogP contribution in [0.1, 0.15) is 36.5 Å². The largest absolute Gasteiger partial charge is 0.504 e. The lowest BCUT2D eigenvalue weighted by atomic mass is 9.87. The van der Waals surface area contributed by atoms with E-state index in [0.717, 1.165) is 29.0 Å². The van der Waals surface area contributed by atoms with Crippen molar-refractivity contribution in [2.45, 2.75) is 31.8 Å². The van der Waals surface area contributed by atoms with Gasteiger partial charge in [-0.3, -0.25) is 0 Å². The second-order valence-corrected chi connectivity index (χ2v) is 7.27. The van der Waals surface area contributed by atoms with Crippen LogP contribution in [0.25, 0.3) is 6.08 Å². The number of hydrogen-bond acceptors (Lipinski definition) is 5. The van der Waals surface area contributed by atoms with E-state index in [2.05, 4.69) is 6.08 Å². The van der Waals surface area contributed by atoms with Gasteiger partial charge in [-0.05, 0) is 50.1 Å². The molecule has 2 aromatic carbocycles. The van der Waals surface area contributed by atoms with Crippen LogP contribution < -0.4 is 14.2 Å². The average Bonchev–Trinajstić information content (AvgIpc) is 2.60. The lowest BCUT2D eigenvalue weighted by molar-refractivity contribution is 0.157. The number of phenolic OH excluding ortho intramolecular Hbond substituents is 2. The van der Waals surface area contributed by atoms with Gasteiger partial charge in [0, 0.05) is 11.5 Å². The number of phenols is 2. The van der Waals surface area contributed by atoms with Crippen molar-refractivity contribution in [1.82, 2.24) is 0 Å². The zero-order valence-corrected chi connectivity index (χ0v) is 15.1. The normalized spacial score (nSPS) is 19.7. The molecule has 2 heterocycles. The molecule has 0 radical (unpaired) electrons. The highest BCUT2D eigenvalue weighted by Crippen LogP contribution is 2.46. The Morgan fingerprint density at radius 1 is 1.15 bits per heavy atom. The molecule has 0 saturated heterocycles. The van der Waals surface area contributed by atoms with Gasteiger partial charge < -0.3 is 24.4 Å². The van der Waals surface area contributed by atoms with Crippen LogP contribution in [0.4, 0.5) is 0 Å². The van der Waals surface area contributed by atoms with E-state index < -0.39 is 0 Å². The minimum Gasteiger partial charge on any atom is -0.504 e. The molecule has 0 amide bonds. The number of methoxy groups -OCH3 is 1. The molecule has 0 aliphatic carbocycles. The fourth-order valence-electron chi connectivity index (χ4n) is 3.62. The third-order valence-corrected chi connectivity index (χ3v) is 4.94. The molecule has 2 N–H and O–H groups in total. The van der Waals surface area contributed by atoms with Crippen molar-refractivity contribution in [3.05, 3.63) is 47.0 Å².